The van der Waals surface area contributed by atoms with Gasteiger partial charge in [-0.2, -0.15) is 5.10 Å². The van der Waals surface area contributed by atoms with Gasteiger partial charge >= 0.3 is 6.09 Å². The van der Waals surface area contributed by atoms with Crippen LogP contribution in [0.1, 0.15) is 81.2 Å². The van der Waals surface area contributed by atoms with Gasteiger partial charge in [-0.15, -0.1) is 0 Å². The normalized spacial score (nSPS) is 19.4. The number of alkyl carbamates (subject to hydrolysis) is 1. The number of hydrogen-bond donors (Lipinski definition) is 1. The third-order valence-corrected chi connectivity index (χ3v) is 5.47. The van der Waals surface area contributed by atoms with Crippen LogP contribution in [0.2, 0.25) is 0 Å². The quantitative estimate of drug-likeness (QED) is 0.794. The molecular weight excluding hydrogens is 398 g/mol. The van der Waals surface area contributed by atoms with E-state index in [4.69, 9.17) is 9.15 Å². The van der Waals surface area contributed by atoms with Crippen LogP contribution in [0.5, 0.6) is 0 Å². The summed E-state index contributed by atoms with van der Waals surface area (Å²) >= 11 is 0. The van der Waals surface area contributed by atoms with Gasteiger partial charge in [-0.25, -0.2) is 9.78 Å². The molecule has 1 N–H and O–H groups in total. The molecule has 1 aliphatic heterocycles. The molecule has 31 heavy (non-hydrogen) atoms. The molecule has 9 heteroatoms. The molecule has 9 nitrogen and oxygen atoms in total. The molecule has 0 radical (unpaired) electrons. The van der Waals surface area contributed by atoms with E-state index in [1.807, 2.05) is 19.4 Å². The van der Waals surface area contributed by atoms with Crippen LogP contribution in [-0.4, -0.2) is 50.4 Å². The highest BCUT2D eigenvalue weighted by atomic mass is 16.6. The van der Waals surface area contributed by atoms with Crippen LogP contribution in [0.25, 0.3) is 0 Å². The largest absolute Gasteiger partial charge is 0.444 e. The molecule has 1 fully saturated rings. The molecule has 0 spiro atoms. The van der Waals surface area contributed by atoms with Crippen LogP contribution in [0.15, 0.2) is 16.8 Å². The third kappa shape index (κ3) is 5.08. The van der Waals surface area contributed by atoms with Crippen molar-refractivity contribution in [3.63, 3.8) is 0 Å². The zero-order valence-corrected chi connectivity index (χ0v) is 19.6. The van der Waals surface area contributed by atoms with Gasteiger partial charge in [-0.3, -0.25) is 9.48 Å². The number of nitrogens with zero attached hydrogens (tertiary/aromatic N) is 4. The van der Waals surface area contributed by atoms with Gasteiger partial charge in [0.25, 0.3) is 5.91 Å². The number of carbonyl (C=O) groups excluding carboxylic acids is 2. The van der Waals surface area contributed by atoms with Gasteiger partial charge in [0.15, 0.2) is 0 Å². The molecule has 3 rings (SSSR count). The lowest BCUT2D eigenvalue weighted by Gasteiger charge is -2.24. The number of likely N-dealkylation sites (tertiary alicyclic amines) is 1. The topological polar surface area (TPSA) is 102 Å². The molecule has 0 bridgehead atoms. The van der Waals surface area contributed by atoms with Crippen molar-refractivity contribution in [1.29, 1.82) is 0 Å². The summed E-state index contributed by atoms with van der Waals surface area (Å²) in [6, 6.07) is -0.534. The highest BCUT2D eigenvalue weighted by Gasteiger charge is 2.43. The minimum absolute atomic E-state index is 0.0962. The molecule has 3 heterocycles. The zero-order chi connectivity index (χ0) is 23.1. The molecule has 1 saturated heterocycles. The number of aryl methyl sites for hydroxylation is 2. The maximum atomic E-state index is 13.2. The zero-order valence-electron chi connectivity index (χ0n) is 19.6. The Labute approximate surface area is 183 Å². The first kappa shape index (κ1) is 22.8. The van der Waals surface area contributed by atoms with Gasteiger partial charge in [0.1, 0.15) is 11.6 Å². The number of carbonyl (C=O) groups is 2. The summed E-state index contributed by atoms with van der Waals surface area (Å²) in [5, 5.41) is 6.97. The number of rotatable bonds is 4. The molecular formula is C22H33N5O4. The third-order valence-electron chi connectivity index (χ3n) is 5.47. The second-order valence-electron chi connectivity index (χ2n) is 10.0. The van der Waals surface area contributed by atoms with Gasteiger partial charge in [0.05, 0.1) is 11.9 Å². The maximum Gasteiger partial charge on any atom is 0.408 e. The van der Waals surface area contributed by atoms with Crippen molar-refractivity contribution < 1.29 is 18.7 Å². The van der Waals surface area contributed by atoms with E-state index in [2.05, 4.69) is 29.2 Å². The standard InChI is InChI=1S/C22H33N5O4/c1-13-17(30-18(24-13)14(2)25-20(29)31-21(3,4)5)19(28)27-11-16(22(6,7)12-27)15-9-23-26(8)10-15/h9-10,14,16H,11-12H2,1-8H3,(H,25,29). The average molecular weight is 432 g/mol. The monoisotopic (exact) mass is 431 g/mol. The average Bonchev–Trinajstić information content (AvgIpc) is 3.29. The van der Waals surface area contributed by atoms with Crippen molar-refractivity contribution in [1.82, 2.24) is 25.0 Å². The van der Waals surface area contributed by atoms with E-state index < -0.39 is 17.7 Å². The van der Waals surface area contributed by atoms with Crippen LogP contribution in [0.4, 0.5) is 4.79 Å². The van der Waals surface area contributed by atoms with Crippen LogP contribution in [0.3, 0.4) is 0 Å². The first-order valence-corrected chi connectivity index (χ1v) is 10.5. The number of aromatic nitrogens is 3. The molecule has 2 aromatic rings. The lowest BCUT2D eigenvalue weighted by molar-refractivity contribution is 0.0500. The Hall–Kier alpha value is -2.84. The fourth-order valence-corrected chi connectivity index (χ4v) is 3.96. The van der Waals surface area contributed by atoms with Crippen molar-refractivity contribution >= 4 is 12.0 Å². The number of nitrogens with one attached hydrogen (secondary N) is 1. The Balaban J connectivity index is 1.73. The molecule has 2 atom stereocenters. The van der Waals surface area contributed by atoms with Gasteiger partial charge in [0, 0.05) is 32.3 Å². The lowest BCUT2D eigenvalue weighted by Crippen LogP contribution is -2.34. The Morgan fingerprint density at radius 2 is 2.03 bits per heavy atom. The summed E-state index contributed by atoms with van der Waals surface area (Å²) in [6.45, 7) is 14.3. The van der Waals surface area contributed by atoms with Gasteiger partial charge in [-0.05, 0) is 45.6 Å². The van der Waals surface area contributed by atoms with Crippen LogP contribution >= 0.6 is 0 Å². The summed E-state index contributed by atoms with van der Waals surface area (Å²) in [4.78, 5) is 31.5. The second-order valence-corrected chi connectivity index (χ2v) is 10.0. The molecule has 2 unspecified atom stereocenters. The van der Waals surface area contributed by atoms with Crippen molar-refractivity contribution in [2.75, 3.05) is 13.1 Å². The van der Waals surface area contributed by atoms with Gasteiger partial charge in [0.2, 0.25) is 11.7 Å². The van der Waals surface area contributed by atoms with E-state index >= 15 is 0 Å². The van der Waals surface area contributed by atoms with Crippen molar-refractivity contribution in [3.8, 4) is 0 Å². The molecule has 2 aromatic heterocycles. The molecule has 0 saturated carbocycles. The predicted molar refractivity (Wildman–Crippen MR) is 115 cm³/mol. The van der Waals surface area contributed by atoms with E-state index in [0.717, 1.165) is 5.56 Å². The van der Waals surface area contributed by atoms with Crippen LogP contribution in [-0.2, 0) is 11.8 Å². The van der Waals surface area contributed by atoms with Crippen LogP contribution < -0.4 is 5.32 Å². The molecule has 2 amide bonds. The smallest absolute Gasteiger partial charge is 0.408 e. The first-order valence-electron chi connectivity index (χ1n) is 10.5. The van der Waals surface area contributed by atoms with E-state index in [1.54, 1.807) is 44.2 Å². The SMILES string of the molecule is Cc1nc(C(C)NC(=O)OC(C)(C)C)oc1C(=O)N1CC(c2cnn(C)c2)C(C)(C)C1. The minimum Gasteiger partial charge on any atom is -0.444 e. The van der Waals surface area contributed by atoms with E-state index in [1.165, 1.54) is 0 Å². The maximum absolute atomic E-state index is 13.2. The second kappa shape index (κ2) is 8.01. The number of hydrogen-bond acceptors (Lipinski definition) is 6. The molecule has 1 aliphatic rings. The Bertz CT molecular complexity index is 969. The Morgan fingerprint density at radius 3 is 2.61 bits per heavy atom. The summed E-state index contributed by atoms with van der Waals surface area (Å²) in [5.41, 5.74) is 0.916. The Kier molecular flexibility index (Phi) is 5.90. The summed E-state index contributed by atoms with van der Waals surface area (Å²) < 4.78 is 12.9. The van der Waals surface area contributed by atoms with E-state index in [0.29, 0.717) is 18.8 Å². The Morgan fingerprint density at radius 1 is 1.35 bits per heavy atom. The minimum atomic E-state index is -0.606. The van der Waals surface area contributed by atoms with Crippen molar-refractivity contribution in [2.45, 2.75) is 66.0 Å². The summed E-state index contributed by atoms with van der Waals surface area (Å²) in [5.74, 6) is 0.463. The fraction of sp³-hybridized carbons (Fsp3) is 0.636. The molecule has 170 valence electrons. The fourth-order valence-electron chi connectivity index (χ4n) is 3.96. The van der Waals surface area contributed by atoms with Gasteiger partial charge < -0.3 is 19.4 Å². The first-order chi connectivity index (χ1) is 14.3. The summed E-state index contributed by atoms with van der Waals surface area (Å²) in [6.07, 6.45) is 3.30. The van der Waals surface area contributed by atoms with E-state index in [9.17, 15) is 9.59 Å². The molecule has 0 aliphatic carbocycles. The van der Waals surface area contributed by atoms with Gasteiger partial charge in [-0.1, -0.05) is 13.8 Å². The lowest BCUT2D eigenvalue weighted by atomic mass is 9.79. The highest BCUT2D eigenvalue weighted by Crippen LogP contribution is 2.42. The van der Waals surface area contributed by atoms with Crippen molar-refractivity contribution in [3.05, 3.63) is 35.3 Å². The number of ether oxygens (including phenoxy) is 1. The number of oxazole rings is 1. The number of amides is 2. The predicted octanol–water partition coefficient (Wildman–Crippen LogP) is 3.57. The highest BCUT2D eigenvalue weighted by molar-refractivity contribution is 5.92. The van der Waals surface area contributed by atoms with Crippen LogP contribution in [0, 0.1) is 12.3 Å². The van der Waals surface area contributed by atoms with Crippen molar-refractivity contribution in [2.24, 2.45) is 12.5 Å². The molecule has 0 aromatic carbocycles. The van der Waals surface area contributed by atoms with E-state index in [-0.39, 0.29) is 28.9 Å². The summed E-state index contributed by atoms with van der Waals surface area (Å²) in [7, 11) is 1.89.